The van der Waals surface area contributed by atoms with E-state index in [2.05, 4.69) is 30.3 Å². The first kappa shape index (κ1) is 16.3. The Morgan fingerprint density at radius 3 is 2.33 bits per heavy atom. The van der Waals surface area contributed by atoms with Gasteiger partial charge in [0.1, 0.15) is 11.6 Å². The molecule has 2 nitrogen and oxygen atoms in total. The quantitative estimate of drug-likeness (QED) is 0.671. The SMILES string of the molecule is CCC(CC)(CC)n1c(CCCl)nc2cc(F)c(C)cc21. The average Bonchev–Trinajstić information content (AvgIpc) is 2.81. The average molecular weight is 311 g/mol. The number of aromatic nitrogens is 2. The fourth-order valence-electron chi connectivity index (χ4n) is 3.26. The van der Waals surface area contributed by atoms with Crippen LogP contribution < -0.4 is 0 Å². The molecule has 116 valence electrons. The summed E-state index contributed by atoms with van der Waals surface area (Å²) in [4.78, 5) is 4.65. The van der Waals surface area contributed by atoms with Gasteiger partial charge in [0.05, 0.1) is 11.0 Å². The Morgan fingerprint density at radius 2 is 1.81 bits per heavy atom. The van der Waals surface area contributed by atoms with E-state index in [1.54, 1.807) is 13.0 Å². The minimum absolute atomic E-state index is 0.0282. The van der Waals surface area contributed by atoms with Crippen LogP contribution in [0.15, 0.2) is 12.1 Å². The summed E-state index contributed by atoms with van der Waals surface area (Å²) < 4.78 is 16.2. The molecule has 21 heavy (non-hydrogen) atoms. The Morgan fingerprint density at radius 1 is 1.19 bits per heavy atom. The first-order chi connectivity index (χ1) is 10.0. The molecule has 1 aromatic carbocycles. The maximum Gasteiger partial charge on any atom is 0.128 e. The molecule has 1 heterocycles. The monoisotopic (exact) mass is 310 g/mol. The molecule has 2 rings (SSSR count). The van der Waals surface area contributed by atoms with Crippen LogP contribution in [0, 0.1) is 12.7 Å². The Hall–Kier alpha value is -1.09. The van der Waals surface area contributed by atoms with Crippen LogP contribution in [0.4, 0.5) is 4.39 Å². The lowest BCUT2D eigenvalue weighted by Gasteiger charge is -2.34. The van der Waals surface area contributed by atoms with Gasteiger partial charge >= 0.3 is 0 Å². The zero-order valence-corrected chi connectivity index (χ0v) is 14.1. The Labute approximate surface area is 131 Å². The van der Waals surface area contributed by atoms with Gasteiger partial charge in [-0.2, -0.15) is 0 Å². The predicted octanol–water partition coefficient (Wildman–Crippen LogP) is 5.19. The van der Waals surface area contributed by atoms with Crippen molar-refractivity contribution in [3.05, 3.63) is 29.3 Å². The molecule has 0 aliphatic heterocycles. The van der Waals surface area contributed by atoms with Crippen LogP contribution in [0.5, 0.6) is 0 Å². The molecule has 0 atom stereocenters. The van der Waals surface area contributed by atoms with Crippen molar-refractivity contribution in [2.75, 3.05) is 5.88 Å². The predicted molar refractivity (Wildman–Crippen MR) is 87.7 cm³/mol. The van der Waals surface area contributed by atoms with Gasteiger partial charge in [0.15, 0.2) is 0 Å². The lowest BCUT2D eigenvalue weighted by Crippen LogP contribution is -2.33. The summed E-state index contributed by atoms with van der Waals surface area (Å²) in [5.74, 6) is 1.30. The van der Waals surface area contributed by atoms with Crippen LogP contribution in [0.3, 0.4) is 0 Å². The molecular weight excluding hydrogens is 287 g/mol. The molecule has 0 spiro atoms. The van der Waals surface area contributed by atoms with E-state index in [1.165, 1.54) is 0 Å². The van der Waals surface area contributed by atoms with Gasteiger partial charge in [0.2, 0.25) is 0 Å². The van der Waals surface area contributed by atoms with Crippen molar-refractivity contribution in [2.24, 2.45) is 0 Å². The van der Waals surface area contributed by atoms with E-state index >= 15 is 0 Å². The molecule has 0 fully saturated rings. The van der Waals surface area contributed by atoms with Crippen molar-refractivity contribution < 1.29 is 4.39 Å². The van der Waals surface area contributed by atoms with E-state index < -0.39 is 0 Å². The fourth-order valence-corrected chi connectivity index (χ4v) is 3.43. The molecular formula is C17H24ClFN2. The van der Waals surface area contributed by atoms with Crippen LogP contribution in [-0.4, -0.2) is 15.4 Å². The molecule has 0 N–H and O–H groups in total. The third kappa shape index (κ3) is 2.68. The van der Waals surface area contributed by atoms with Crippen molar-refractivity contribution in [3.8, 4) is 0 Å². The largest absolute Gasteiger partial charge is 0.322 e. The highest BCUT2D eigenvalue weighted by Gasteiger charge is 2.30. The standard InChI is InChI=1S/C17H24ClFN2/c1-5-17(6-2,7-3)21-15-10-12(4)13(19)11-14(15)20-16(21)8-9-18/h10-11H,5-9H2,1-4H3. The molecule has 2 aromatic rings. The maximum atomic E-state index is 13.8. The highest BCUT2D eigenvalue weighted by Crippen LogP contribution is 2.35. The second kappa shape index (κ2) is 6.35. The van der Waals surface area contributed by atoms with E-state index in [4.69, 9.17) is 11.6 Å². The van der Waals surface area contributed by atoms with Crippen molar-refractivity contribution in [3.63, 3.8) is 0 Å². The minimum Gasteiger partial charge on any atom is -0.322 e. The zero-order valence-electron chi connectivity index (χ0n) is 13.3. The third-order valence-electron chi connectivity index (χ3n) is 4.77. The summed E-state index contributed by atoms with van der Waals surface area (Å²) in [7, 11) is 0. The summed E-state index contributed by atoms with van der Waals surface area (Å²) in [6, 6.07) is 3.47. The smallest absolute Gasteiger partial charge is 0.128 e. The van der Waals surface area contributed by atoms with Gasteiger partial charge in [-0.3, -0.25) is 0 Å². The zero-order chi connectivity index (χ0) is 15.6. The van der Waals surface area contributed by atoms with E-state index in [1.807, 2.05) is 6.07 Å². The molecule has 0 saturated heterocycles. The third-order valence-corrected chi connectivity index (χ3v) is 4.96. The minimum atomic E-state index is -0.195. The van der Waals surface area contributed by atoms with Gasteiger partial charge in [0.25, 0.3) is 0 Å². The topological polar surface area (TPSA) is 17.8 Å². The van der Waals surface area contributed by atoms with Gasteiger partial charge in [-0.05, 0) is 37.8 Å². The number of hydrogen-bond donors (Lipinski definition) is 0. The molecule has 0 aliphatic carbocycles. The number of halogens is 2. The molecule has 0 radical (unpaired) electrons. The highest BCUT2D eigenvalue weighted by molar-refractivity contribution is 6.17. The summed E-state index contributed by atoms with van der Waals surface area (Å²) in [5.41, 5.74) is 2.45. The molecule has 1 aromatic heterocycles. The molecule has 0 unspecified atom stereocenters. The molecule has 0 aliphatic rings. The molecule has 0 saturated carbocycles. The van der Waals surface area contributed by atoms with E-state index in [0.29, 0.717) is 17.9 Å². The van der Waals surface area contributed by atoms with Gasteiger partial charge in [-0.1, -0.05) is 20.8 Å². The van der Waals surface area contributed by atoms with E-state index in [9.17, 15) is 4.39 Å². The number of alkyl halides is 1. The first-order valence-electron chi connectivity index (χ1n) is 7.76. The number of benzene rings is 1. The number of imidazole rings is 1. The lowest BCUT2D eigenvalue weighted by molar-refractivity contribution is 0.251. The Bertz CT molecular complexity index is 621. The number of fused-ring (bicyclic) bond motifs is 1. The van der Waals surface area contributed by atoms with Gasteiger partial charge in [0, 0.05) is 23.9 Å². The number of rotatable bonds is 6. The fraction of sp³-hybridized carbons (Fsp3) is 0.588. The van der Waals surface area contributed by atoms with Crippen LogP contribution >= 0.6 is 11.6 Å². The molecule has 0 amide bonds. The summed E-state index contributed by atoms with van der Waals surface area (Å²) in [6.07, 6.45) is 3.78. The second-order valence-electron chi connectivity index (χ2n) is 5.68. The van der Waals surface area contributed by atoms with Crippen molar-refractivity contribution in [2.45, 2.75) is 58.9 Å². The van der Waals surface area contributed by atoms with Crippen LogP contribution in [0.25, 0.3) is 11.0 Å². The number of hydrogen-bond acceptors (Lipinski definition) is 1. The van der Waals surface area contributed by atoms with Gasteiger partial charge in [-0.15, -0.1) is 11.6 Å². The van der Waals surface area contributed by atoms with E-state index in [0.717, 1.165) is 36.1 Å². The van der Waals surface area contributed by atoms with Crippen LogP contribution in [-0.2, 0) is 12.0 Å². The normalized spacial score (nSPS) is 12.3. The van der Waals surface area contributed by atoms with Crippen molar-refractivity contribution >= 4 is 22.6 Å². The summed E-state index contributed by atoms with van der Waals surface area (Å²) in [6.45, 7) is 8.43. The highest BCUT2D eigenvalue weighted by atomic mass is 35.5. The van der Waals surface area contributed by atoms with Crippen LogP contribution in [0.1, 0.15) is 51.4 Å². The Kier molecular flexibility index (Phi) is 4.92. The Balaban J connectivity index is 2.79. The summed E-state index contributed by atoms with van der Waals surface area (Å²) >= 11 is 5.95. The summed E-state index contributed by atoms with van der Waals surface area (Å²) in [5, 5.41) is 0. The van der Waals surface area contributed by atoms with Gasteiger partial charge in [-0.25, -0.2) is 9.37 Å². The number of nitrogens with zero attached hydrogens (tertiary/aromatic N) is 2. The second-order valence-corrected chi connectivity index (χ2v) is 6.06. The lowest BCUT2D eigenvalue weighted by atomic mass is 9.88. The van der Waals surface area contributed by atoms with Gasteiger partial charge < -0.3 is 4.57 Å². The van der Waals surface area contributed by atoms with Crippen LogP contribution in [0.2, 0.25) is 0 Å². The molecule has 4 heteroatoms. The molecule has 0 bridgehead atoms. The number of aryl methyl sites for hydroxylation is 2. The van der Waals surface area contributed by atoms with E-state index in [-0.39, 0.29) is 11.4 Å². The first-order valence-corrected chi connectivity index (χ1v) is 8.30. The maximum absolute atomic E-state index is 13.8. The van der Waals surface area contributed by atoms with Crippen molar-refractivity contribution in [1.82, 2.24) is 9.55 Å². The van der Waals surface area contributed by atoms with Crippen molar-refractivity contribution in [1.29, 1.82) is 0 Å².